The molecule has 1 fully saturated rings. The van der Waals surface area contributed by atoms with Gasteiger partial charge in [-0.2, -0.15) is 0 Å². The molecule has 0 bridgehead atoms. The van der Waals surface area contributed by atoms with Gasteiger partial charge < -0.3 is 5.32 Å². The largest absolute Gasteiger partial charge is 0.311 e. The minimum absolute atomic E-state index is 0.546. The summed E-state index contributed by atoms with van der Waals surface area (Å²) in [5.74, 6) is 0. The van der Waals surface area contributed by atoms with Crippen LogP contribution in [0.4, 0.5) is 0 Å². The minimum atomic E-state index is 0.546. The second-order valence-corrected chi connectivity index (χ2v) is 6.14. The fraction of sp³-hybridized carbons (Fsp3) is 0.455. The van der Waals surface area contributed by atoms with Crippen molar-refractivity contribution in [2.24, 2.45) is 0 Å². The van der Waals surface area contributed by atoms with E-state index in [-0.39, 0.29) is 0 Å². The van der Waals surface area contributed by atoms with Crippen LogP contribution in [-0.2, 0) is 0 Å². The van der Waals surface area contributed by atoms with Crippen LogP contribution in [0.3, 0.4) is 0 Å². The van der Waals surface area contributed by atoms with Gasteiger partial charge in [-0.15, -0.1) is 11.3 Å². The predicted molar refractivity (Wildman–Crippen MR) is 66.7 cm³/mol. The Bertz CT molecular complexity index is 343. The molecule has 0 radical (unpaired) electrons. The van der Waals surface area contributed by atoms with Gasteiger partial charge >= 0.3 is 0 Å². The van der Waals surface area contributed by atoms with Crippen molar-refractivity contribution in [2.45, 2.75) is 25.8 Å². The lowest BCUT2D eigenvalue weighted by Gasteiger charge is -2.23. The van der Waals surface area contributed by atoms with E-state index in [0.29, 0.717) is 6.04 Å². The Labute approximate surface area is 97.3 Å². The molecule has 3 heteroatoms. The SMILES string of the molecule is CC1NCCC/C1=C\c1ccc(Br)s1. The van der Waals surface area contributed by atoms with Gasteiger partial charge in [0.05, 0.1) is 3.79 Å². The smallest absolute Gasteiger partial charge is 0.0704 e. The van der Waals surface area contributed by atoms with Gasteiger partial charge in [0.15, 0.2) is 0 Å². The summed E-state index contributed by atoms with van der Waals surface area (Å²) in [4.78, 5) is 1.35. The first kappa shape index (κ1) is 10.4. The van der Waals surface area contributed by atoms with Gasteiger partial charge in [0.2, 0.25) is 0 Å². The van der Waals surface area contributed by atoms with Gasteiger partial charge in [-0.05, 0) is 60.4 Å². The van der Waals surface area contributed by atoms with E-state index in [1.54, 1.807) is 11.3 Å². The van der Waals surface area contributed by atoms with E-state index in [1.807, 2.05) is 0 Å². The molecule has 2 heterocycles. The Hall–Kier alpha value is -0.120. The van der Waals surface area contributed by atoms with Gasteiger partial charge in [-0.25, -0.2) is 0 Å². The van der Waals surface area contributed by atoms with E-state index < -0.39 is 0 Å². The highest BCUT2D eigenvalue weighted by Gasteiger charge is 2.13. The Balaban J connectivity index is 2.16. The third-order valence-electron chi connectivity index (χ3n) is 2.57. The highest BCUT2D eigenvalue weighted by Crippen LogP contribution is 2.26. The topological polar surface area (TPSA) is 12.0 Å². The van der Waals surface area contributed by atoms with E-state index in [9.17, 15) is 0 Å². The molecule has 1 aromatic rings. The first-order chi connectivity index (χ1) is 6.75. The van der Waals surface area contributed by atoms with Crippen LogP contribution in [-0.4, -0.2) is 12.6 Å². The summed E-state index contributed by atoms with van der Waals surface area (Å²) in [6.07, 6.45) is 4.83. The molecule has 1 aromatic heterocycles. The van der Waals surface area contributed by atoms with Crippen LogP contribution in [0.25, 0.3) is 6.08 Å². The maximum absolute atomic E-state index is 3.49. The monoisotopic (exact) mass is 271 g/mol. The third kappa shape index (κ3) is 2.47. The van der Waals surface area contributed by atoms with Crippen LogP contribution < -0.4 is 5.32 Å². The minimum Gasteiger partial charge on any atom is -0.311 e. The summed E-state index contributed by atoms with van der Waals surface area (Å²) in [7, 11) is 0. The number of thiophene rings is 1. The maximum atomic E-state index is 3.49. The Morgan fingerprint density at radius 1 is 1.57 bits per heavy atom. The van der Waals surface area contributed by atoms with Crippen LogP contribution in [0.5, 0.6) is 0 Å². The Morgan fingerprint density at radius 2 is 2.43 bits per heavy atom. The molecular formula is C11H14BrNS. The summed E-state index contributed by atoms with van der Waals surface area (Å²) >= 11 is 5.28. The van der Waals surface area contributed by atoms with Crippen molar-refractivity contribution >= 4 is 33.3 Å². The van der Waals surface area contributed by atoms with Crippen LogP contribution >= 0.6 is 27.3 Å². The first-order valence-electron chi connectivity index (χ1n) is 4.95. The molecule has 1 saturated heterocycles. The van der Waals surface area contributed by atoms with Crippen LogP contribution in [0.1, 0.15) is 24.6 Å². The predicted octanol–water partition coefficient (Wildman–Crippen LogP) is 3.67. The van der Waals surface area contributed by atoms with Crippen molar-refractivity contribution in [3.8, 4) is 0 Å². The molecule has 0 aliphatic carbocycles. The zero-order valence-corrected chi connectivity index (χ0v) is 10.6. The number of hydrogen-bond donors (Lipinski definition) is 1. The molecule has 1 aliphatic rings. The molecule has 76 valence electrons. The molecule has 1 unspecified atom stereocenters. The lowest BCUT2D eigenvalue weighted by molar-refractivity contribution is 0.520. The van der Waals surface area contributed by atoms with Crippen LogP contribution in [0, 0.1) is 0 Å². The van der Waals surface area contributed by atoms with E-state index >= 15 is 0 Å². The standard InChI is InChI=1S/C11H14BrNS/c1-8-9(3-2-6-13-8)7-10-4-5-11(12)14-10/h4-5,7-8,13H,2-3,6H2,1H3/b9-7+. The van der Waals surface area contributed by atoms with Gasteiger partial charge in [0.25, 0.3) is 0 Å². The summed E-state index contributed by atoms with van der Waals surface area (Å²) in [5, 5.41) is 3.48. The molecule has 1 N–H and O–H groups in total. The molecule has 14 heavy (non-hydrogen) atoms. The van der Waals surface area contributed by atoms with Gasteiger partial charge in [-0.3, -0.25) is 0 Å². The van der Waals surface area contributed by atoms with E-state index in [4.69, 9.17) is 0 Å². The van der Waals surface area contributed by atoms with Crippen molar-refractivity contribution in [3.63, 3.8) is 0 Å². The maximum Gasteiger partial charge on any atom is 0.0704 e. The lowest BCUT2D eigenvalue weighted by atomic mass is 9.98. The van der Waals surface area contributed by atoms with E-state index in [1.165, 1.54) is 27.1 Å². The molecule has 0 aromatic carbocycles. The fourth-order valence-corrected chi connectivity index (χ4v) is 3.14. The van der Waals surface area contributed by atoms with E-state index in [2.05, 4.69) is 46.4 Å². The lowest BCUT2D eigenvalue weighted by Crippen LogP contribution is -2.33. The molecule has 0 amide bonds. The second-order valence-electron chi connectivity index (χ2n) is 3.64. The van der Waals surface area contributed by atoms with Crippen molar-refractivity contribution < 1.29 is 0 Å². The van der Waals surface area contributed by atoms with Crippen LogP contribution in [0.2, 0.25) is 0 Å². The van der Waals surface area contributed by atoms with Gasteiger partial charge in [-0.1, -0.05) is 5.57 Å². The molecule has 1 nitrogen and oxygen atoms in total. The van der Waals surface area contributed by atoms with E-state index in [0.717, 1.165) is 6.54 Å². The zero-order chi connectivity index (χ0) is 9.97. The average Bonchev–Trinajstić information content (AvgIpc) is 2.56. The number of nitrogens with one attached hydrogen (secondary N) is 1. The normalized spacial score (nSPS) is 25.6. The van der Waals surface area contributed by atoms with Crippen molar-refractivity contribution in [2.75, 3.05) is 6.54 Å². The summed E-state index contributed by atoms with van der Waals surface area (Å²) < 4.78 is 1.21. The highest BCUT2D eigenvalue weighted by atomic mass is 79.9. The summed E-state index contributed by atoms with van der Waals surface area (Å²) in [6.45, 7) is 3.40. The molecule has 2 rings (SSSR count). The third-order valence-corrected chi connectivity index (χ3v) is 4.14. The Morgan fingerprint density at radius 3 is 3.07 bits per heavy atom. The number of piperidine rings is 1. The van der Waals surface area contributed by atoms with Gasteiger partial charge in [0, 0.05) is 10.9 Å². The fourth-order valence-electron chi connectivity index (χ4n) is 1.74. The van der Waals surface area contributed by atoms with Crippen molar-refractivity contribution in [1.29, 1.82) is 0 Å². The second kappa shape index (κ2) is 4.60. The van der Waals surface area contributed by atoms with Crippen LogP contribution in [0.15, 0.2) is 21.5 Å². The molecular weight excluding hydrogens is 258 g/mol. The quantitative estimate of drug-likeness (QED) is 0.822. The Kier molecular flexibility index (Phi) is 3.42. The summed E-state index contributed by atoms with van der Waals surface area (Å²) in [5.41, 5.74) is 1.53. The molecule has 0 saturated carbocycles. The highest BCUT2D eigenvalue weighted by molar-refractivity contribution is 9.11. The molecule has 0 spiro atoms. The average molecular weight is 272 g/mol. The number of rotatable bonds is 1. The van der Waals surface area contributed by atoms with Gasteiger partial charge in [0.1, 0.15) is 0 Å². The number of halogens is 1. The summed E-state index contributed by atoms with van der Waals surface area (Å²) in [6, 6.07) is 4.82. The van der Waals surface area contributed by atoms with Crippen molar-refractivity contribution in [3.05, 3.63) is 26.4 Å². The molecule has 1 atom stereocenters. The zero-order valence-electron chi connectivity index (χ0n) is 8.22. The molecule has 1 aliphatic heterocycles. The van der Waals surface area contributed by atoms with Crippen molar-refractivity contribution in [1.82, 2.24) is 5.32 Å². The first-order valence-corrected chi connectivity index (χ1v) is 6.56. The number of hydrogen-bond acceptors (Lipinski definition) is 2.